The highest BCUT2D eigenvalue weighted by molar-refractivity contribution is 7.92. The molecule has 0 unspecified atom stereocenters. The zero-order valence-electron chi connectivity index (χ0n) is 17.4. The molecule has 0 spiro atoms. The van der Waals surface area contributed by atoms with E-state index in [-0.39, 0.29) is 30.7 Å². The van der Waals surface area contributed by atoms with Gasteiger partial charge in [-0.25, -0.2) is 18.4 Å². The number of halogens is 3. The Morgan fingerprint density at radius 3 is 2.42 bits per heavy atom. The van der Waals surface area contributed by atoms with Crippen LogP contribution in [-0.4, -0.2) is 34.2 Å². The second-order valence-electron chi connectivity index (χ2n) is 6.80. The summed E-state index contributed by atoms with van der Waals surface area (Å²) in [6.45, 7) is 1.13. The molecule has 0 saturated heterocycles. The number of benzene rings is 1. The van der Waals surface area contributed by atoms with E-state index in [1.807, 2.05) is 0 Å². The molecule has 176 valence electrons. The molecule has 0 bridgehead atoms. The predicted octanol–water partition coefficient (Wildman–Crippen LogP) is 3.50. The molecule has 2 heterocycles. The number of rotatable bonds is 9. The Bertz CT molecular complexity index is 1200. The molecular weight excluding hydrogens is 461 g/mol. The minimum Gasteiger partial charge on any atom is -0.392 e. The lowest BCUT2D eigenvalue weighted by molar-refractivity contribution is -0.137. The number of pyridine rings is 1. The van der Waals surface area contributed by atoms with Crippen LogP contribution in [0, 0.1) is 0 Å². The van der Waals surface area contributed by atoms with Gasteiger partial charge in [0, 0.05) is 30.2 Å². The quantitative estimate of drug-likeness (QED) is 0.365. The Balaban J connectivity index is 1.86. The van der Waals surface area contributed by atoms with E-state index >= 15 is 0 Å². The summed E-state index contributed by atoms with van der Waals surface area (Å²) in [6, 6.07) is 9.61. The number of alkyl halides is 3. The van der Waals surface area contributed by atoms with Gasteiger partial charge in [0.25, 0.3) is 0 Å². The lowest BCUT2D eigenvalue weighted by atomic mass is 10.2. The molecular formula is C20H21F3N6O3S. The van der Waals surface area contributed by atoms with Crippen molar-refractivity contribution in [2.75, 3.05) is 21.1 Å². The number of hydrogen-bond acceptors (Lipinski definition) is 8. The van der Waals surface area contributed by atoms with E-state index in [1.165, 1.54) is 25.3 Å². The van der Waals surface area contributed by atoms with Crippen molar-refractivity contribution in [1.82, 2.24) is 15.0 Å². The lowest BCUT2D eigenvalue weighted by Gasteiger charge is -2.16. The summed E-state index contributed by atoms with van der Waals surface area (Å²) in [7, 11) is -3.63. The number of aliphatic hydroxyl groups excluding tert-OH is 1. The number of nitrogens with zero attached hydrogens (tertiary/aromatic N) is 3. The summed E-state index contributed by atoms with van der Waals surface area (Å²) < 4.78 is 66.5. The highest BCUT2D eigenvalue weighted by atomic mass is 32.2. The maximum Gasteiger partial charge on any atom is 0.421 e. The molecule has 2 aromatic heterocycles. The van der Waals surface area contributed by atoms with E-state index in [9.17, 15) is 21.6 Å². The molecule has 4 N–H and O–H groups in total. The third-order valence-corrected chi connectivity index (χ3v) is 5.72. The maximum absolute atomic E-state index is 13.5. The largest absolute Gasteiger partial charge is 0.421 e. The summed E-state index contributed by atoms with van der Waals surface area (Å²) in [6.07, 6.45) is -2.69. The summed E-state index contributed by atoms with van der Waals surface area (Å²) >= 11 is 0. The van der Waals surface area contributed by atoms with Crippen molar-refractivity contribution >= 4 is 33.3 Å². The van der Waals surface area contributed by atoms with Crippen molar-refractivity contribution in [1.29, 1.82) is 0 Å². The fourth-order valence-corrected chi connectivity index (χ4v) is 3.30. The zero-order chi connectivity index (χ0) is 24.1. The fraction of sp³-hybridized carbons (Fsp3) is 0.250. The molecule has 3 rings (SSSR count). The summed E-state index contributed by atoms with van der Waals surface area (Å²) in [5.74, 6) is -0.744. The van der Waals surface area contributed by atoms with E-state index in [0.29, 0.717) is 23.0 Å². The molecule has 0 saturated carbocycles. The van der Waals surface area contributed by atoms with Crippen molar-refractivity contribution in [2.45, 2.75) is 26.3 Å². The van der Waals surface area contributed by atoms with E-state index in [1.54, 1.807) is 24.3 Å². The van der Waals surface area contributed by atoms with Gasteiger partial charge in [-0.15, -0.1) is 0 Å². The van der Waals surface area contributed by atoms with Gasteiger partial charge in [-0.1, -0.05) is 18.2 Å². The van der Waals surface area contributed by atoms with Crippen LogP contribution in [0.5, 0.6) is 0 Å². The van der Waals surface area contributed by atoms with Crippen molar-refractivity contribution in [3.8, 4) is 0 Å². The predicted molar refractivity (Wildman–Crippen MR) is 117 cm³/mol. The topological polar surface area (TPSA) is 129 Å². The smallest absolute Gasteiger partial charge is 0.392 e. The van der Waals surface area contributed by atoms with Crippen molar-refractivity contribution in [3.63, 3.8) is 0 Å². The van der Waals surface area contributed by atoms with Gasteiger partial charge >= 0.3 is 6.18 Å². The van der Waals surface area contributed by atoms with Crippen LogP contribution < -0.4 is 15.4 Å². The second-order valence-corrected chi connectivity index (χ2v) is 8.81. The van der Waals surface area contributed by atoms with Gasteiger partial charge < -0.3 is 15.7 Å². The molecule has 13 heteroatoms. The summed E-state index contributed by atoms with van der Waals surface area (Å²) in [5, 5.41) is 14.5. The third kappa shape index (κ3) is 6.52. The highest BCUT2D eigenvalue weighted by Gasteiger charge is 2.35. The average molecular weight is 482 g/mol. The van der Waals surface area contributed by atoms with Gasteiger partial charge in [0.1, 0.15) is 17.2 Å². The first-order valence-corrected chi connectivity index (χ1v) is 11.4. The molecule has 0 aliphatic carbocycles. The van der Waals surface area contributed by atoms with Crippen LogP contribution in [0.25, 0.3) is 0 Å². The van der Waals surface area contributed by atoms with E-state index < -0.39 is 27.6 Å². The van der Waals surface area contributed by atoms with Gasteiger partial charge in [-0.2, -0.15) is 18.2 Å². The highest BCUT2D eigenvalue weighted by Crippen LogP contribution is 2.34. The Morgan fingerprint density at radius 2 is 1.79 bits per heavy atom. The van der Waals surface area contributed by atoms with Crippen LogP contribution in [0.4, 0.5) is 36.4 Å². The SMILES string of the molecule is CCS(=O)(=O)Nc1ncccc1CNc1nc(Nc2ccc(CO)cc2)ncc1C(F)(F)F. The van der Waals surface area contributed by atoms with Gasteiger partial charge in [0.05, 0.1) is 12.4 Å². The van der Waals surface area contributed by atoms with Gasteiger partial charge in [0.2, 0.25) is 16.0 Å². The Kier molecular flexibility index (Phi) is 7.33. The van der Waals surface area contributed by atoms with E-state index in [2.05, 4.69) is 30.3 Å². The molecule has 33 heavy (non-hydrogen) atoms. The number of sulfonamides is 1. The van der Waals surface area contributed by atoms with Crippen LogP contribution in [0.2, 0.25) is 0 Å². The van der Waals surface area contributed by atoms with Crippen molar-refractivity contribution in [2.24, 2.45) is 0 Å². The number of hydrogen-bond donors (Lipinski definition) is 4. The molecule has 0 aliphatic rings. The standard InChI is InChI=1S/C20H21F3N6O3S/c1-2-33(31,32)29-17-14(4-3-9-24-17)10-25-18-16(20(21,22)23)11-26-19(28-18)27-15-7-5-13(12-30)6-8-15/h3-9,11,30H,2,10,12H2,1H3,(H,24,29)(H2,25,26,27,28). The second kappa shape index (κ2) is 10.0. The Hall–Kier alpha value is -3.45. The number of nitrogens with one attached hydrogen (secondary N) is 3. The average Bonchev–Trinajstić information content (AvgIpc) is 2.78. The minimum atomic E-state index is -4.72. The molecule has 0 radical (unpaired) electrons. The Morgan fingerprint density at radius 1 is 1.06 bits per heavy atom. The molecule has 1 aromatic carbocycles. The van der Waals surface area contributed by atoms with Gasteiger partial charge in [-0.3, -0.25) is 4.72 Å². The monoisotopic (exact) mass is 482 g/mol. The first-order chi connectivity index (χ1) is 15.6. The maximum atomic E-state index is 13.5. The van der Waals surface area contributed by atoms with Crippen molar-refractivity contribution in [3.05, 3.63) is 65.5 Å². The molecule has 9 nitrogen and oxygen atoms in total. The van der Waals surface area contributed by atoms with Crippen LogP contribution in [0.3, 0.4) is 0 Å². The first-order valence-electron chi connectivity index (χ1n) is 9.70. The third-order valence-electron chi connectivity index (χ3n) is 4.46. The molecule has 0 fully saturated rings. The summed E-state index contributed by atoms with van der Waals surface area (Å²) in [5.41, 5.74) is 0.433. The Labute approximate surface area is 188 Å². The van der Waals surface area contributed by atoms with Gasteiger partial charge in [-0.05, 0) is 30.7 Å². The fourth-order valence-electron chi connectivity index (χ4n) is 2.68. The van der Waals surface area contributed by atoms with Gasteiger partial charge in [0.15, 0.2) is 0 Å². The van der Waals surface area contributed by atoms with Crippen LogP contribution in [-0.2, 0) is 29.4 Å². The summed E-state index contributed by atoms with van der Waals surface area (Å²) in [4.78, 5) is 11.7. The minimum absolute atomic E-state index is 0.0109. The first kappa shape index (κ1) is 24.2. The number of aliphatic hydroxyl groups is 1. The normalized spacial score (nSPS) is 11.8. The van der Waals surface area contributed by atoms with Crippen LogP contribution in [0.15, 0.2) is 48.8 Å². The lowest BCUT2D eigenvalue weighted by Crippen LogP contribution is -2.18. The molecule has 0 atom stereocenters. The zero-order valence-corrected chi connectivity index (χ0v) is 18.2. The van der Waals surface area contributed by atoms with Crippen molar-refractivity contribution < 1.29 is 26.7 Å². The van der Waals surface area contributed by atoms with Crippen LogP contribution >= 0.6 is 0 Å². The molecule has 3 aromatic rings. The molecule has 0 amide bonds. The van der Waals surface area contributed by atoms with E-state index in [0.717, 1.165) is 0 Å². The van der Waals surface area contributed by atoms with E-state index in [4.69, 9.17) is 5.11 Å². The van der Waals surface area contributed by atoms with Crippen LogP contribution in [0.1, 0.15) is 23.6 Å². The number of aromatic nitrogens is 3. The number of anilines is 4. The molecule has 0 aliphatic heterocycles.